The SMILES string of the molecule is Cc1ccc(N=C/C(Cl)=C(/Nc2ccc(C)cc2)C(=O)O)cc1. The van der Waals surface area contributed by atoms with Crippen molar-refractivity contribution in [2.75, 3.05) is 5.32 Å². The van der Waals surface area contributed by atoms with Gasteiger partial charge in [-0.25, -0.2) is 4.79 Å². The smallest absolute Gasteiger partial charge is 0.353 e. The molecule has 0 radical (unpaired) electrons. The van der Waals surface area contributed by atoms with Crippen molar-refractivity contribution < 1.29 is 9.90 Å². The molecule has 2 N–H and O–H groups in total. The number of hydrogen-bond donors (Lipinski definition) is 2. The zero-order valence-corrected chi connectivity index (χ0v) is 13.6. The molecule has 2 aromatic carbocycles. The van der Waals surface area contributed by atoms with E-state index in [0.717, 1.165) is 11.1 Å². The van der Waals surface area contributed by atoms with Gasteiger partial charge in [0, 0.05) is 11.9 Å². The molecule has 0 aliphatic rings. The van der Waals surface area contributed by atoms with Crippen molar-refractivity contribution in [3.05, 3.63) is 70.4 Å². The zero-order valence-electron chi connectivity index (χ0n) is 12.9. The highest BCUT2D eigenvalue weighted by molar-refractivity contribution is 6.41. The number of carboxylic acids is 1. The second kappa shape index (κ2) is 7.61. The van der Waals surface area contributed by atoms with Gasteiger partial charge in [0.25, 0.3) is 0 Å². The molecular formula is C18H17ClN2O2. The lowest BCUT2D eigenvalue weighted by atomic mass is 10.2. The van der Waals surface area contributed by atoms with E-state index >= 15 is 0 Å². The molecule has 0 aliphatic heterocycles. The number of aliphatic imine (C=N–C) groups is 1. The van der Waals surface area contributed by atoms with Crippen LogP contribution in [-0.4, -0.2) is 17.3 Å². The lowest BCUT2D eigenvalue weighted by molar-refractivity contribution is -0.132. The Morgan fingerprint density at radius 2 is 1.57 bits per heavy atom. The van der Waals surface area contributed by atoms with E-state index in [2.05, 4.69) is 10.3 Å². The minimum absolute atomic E-state index is 0.0265. The van der Waals surface area contributed by atoms with Gasteiger partial charge in [-0.05, 0) is 38.1 Å². The van der Waals surface area contributed by atoms with E-state index in [4.69, 9.17) is 11.6 Å². The van der Waals surface area contributed by atoms with Gasteiger partial charge in [-0.2, -0.15) is 0 Å². The molecule has 2 aromatic rings. The monoisotopic (exact) mass is 328 g/mol. The molecule has 0 saturated carbocycles. The topological polar surface area (TPSA) is 61.7 Å². The van der Waals surface area contributed by atoms with Crippen LogP contribution in [0.1, 0.15) is 11.1 Å². The maximum atomic E-state index is 11.4. The minimum Gasteiger partial charge on any atom is -0.477 e. The van der Waals surface area contributed by atoms with Gasteiger partial charge >= 0.3 is 5.97 Å². The van der Waals surface area contributed by atoms with Crippen molar-refractivity contribution in [3.8, 4) is 0 Å². The first-order chi connectivity index (χ1) is 11.0. The van der Waals surface area contributed by atoms with Crippen molar-refractivity contribution in [1.82, 2.24) is 0 Å². The summed E-state index contributed by atoms with van der Waals surface area (Å²) >= 11 is 6.09. The lowest BCUT2D eigenvalue weighted by Crippen LogP contribution is -2.12. The van der Waals surface area contributed by atoms with Crippen LogP contribution in [0.25, 0.3) is 0 Å². The summed E-state index contributed by atoms with van der Waals surface area (Å²) in [5, 5.41) is 12.2. The van der Waals surface area contributed by atoms with E-state index in [-0.39, 0.29) is 10.7 Å². The third kappa shape index (κ3) is 4.97. The van der Waals surface area contributed by atoms with Crippen LogP contribution >= 0.6 is 11.6 Å². The molecule has 4 nitrogen and oxygen atoms in total. The fraction of sp³-hybridized carbons (Fsp3) is 0.111. The standard InChI is InChI=1S/C18H17ClN2O2/c1-12-3-7-14(8-4-12)20-11-16(19)17(18(22)23)21-15-9-5-13(2)6-10-15/h3-11,21H,1-2H3,(H,22,23)/b17-16-,20-11?. The maximum absolute atomic E-state index is 11.4. The summed E-state index contributed by atoms with van der Waals surface area (Å²) in [6.45, 7) is 3.94. The number of carbonyl (C=O) groups is 1. The van der Waals surface area contributed by atoms with Gasteiger partial charge in [-0.1, -0.05) is 47.0 Å². The van der Waals surface area contributed by atoms with Gasteiger partial charge < -0.3 is 10.4 Å². The largest absolute Gasteiger partial charge is 0.477 e. The Bertz CT molecular complexity index is 748. The molecule has 23 heavy (non-hydrogen) atoms. The van der Waals surface area contributed by atoms with Gasteiger partial charge in [0.2, 0.25) is 0 Å². The third-order valence-electron chi connectivity index (χ3n) is 3.13. The summed E-state index contributed by atoms with van der Waals surface area (Å²) in [6.07, 6.45) is 1.33. The van der Waals surface area contributed by atoms with Gasteiger partial charge in [-0.15, -0.1) is 0 Å². The molecule has 5 heteroatoms. The number of aryl methyl sites for hydroxylation is 2. The average Bonchev–Trinajstić information content (AvgIpc) is 2.53. The van der Waals surface area contributed by atoms with E-state index in [9.17, 15) is 9.90 Å². The number of carboxylic acid groups (broad SMARTS) is 1. The summed E-state index contributed by atoms with van der Waals surface area (Å²) in [5.41, 5.74) is 3.44. The number of benzene rings is 2. The maximum Gasteiger partial charge on any atom is 0.353 e. The summed E-state index contributed by atoms with van der Waals surface area (Å²) in [6, 6.07) is 14.9. The fourth-order valence-corrected chi connectivity index (χ4v) is 2.00. The molecule has 2 rings (SSSR count). The Kier molecular flexibility index (Phi) is 5.55. The highest BCUT2D eigenvalue weighted by Crippen LogP contribution is 2.17. The van der Waals surface area contributed by atoms with Gasteiger partial charge in [0.15, 0.2) is 0 Å². The number of hydrogen-bond acceptors (Lipinski definition) is 3. The summed E-state index contributed by atoms with van der Waals surface area (Å²) in [7, 11) is 0. The normalized spacial score (nSPS) is 12.1. The van der Waals surface area contributed by atoms with Crippen LogP contribution in [0.15, 0.2) is 64.3 Å². The zero-order chi connectivity index (χ0) is 16.8. The molecule has 0 heterocycles. The molecule has 0 aromatic heterocycles. The Morgan fingerprint density at radius 3 is 2.09 bits per heavy atom. The Morgan fingerprint density at radius 1 is 1.04 bits per heavy atom. The Labute approximate surface area is 140 Å². The molecule has 0 spiro atoms. The van der Waals surface area contributed by atoms with Crippen molar-refractivity contribution in [3.63, 3.8) is 0 Å². The number of halogens is 1. The molecule has 0 fully saturated rings. The van der Waals surface area contributed by atoms with Crippen LogP contribution in [0.2, 0.25) is 0 Å². The molecule has 0 saturated heterocycles. The molecule has 0 bridgehead atoms. The van der Waals surface area contributed by atoms with Crippen LogP contribution < -0.4 is 5.32 Å². The summed E-state index contributed by atoms with van der Waals surface area (Å²) in [5.74, 6) is -1.15. The Balaban J connectivity index is 2.23. The lowest BCUT2D eigenvalue weighted by Gasteiger charge is -2.08. The Hall–Kier alpha value is -2.59. The van der Waals surface area contributed by atoms with Gasteiger partial charge in [0.1, 0.15) is 5.70 Å². The van der Waals surface area contributed by atoms with E-state index in [1.807, 2.05) is 50.2 Å². The molecule has 0 aliphatic carbocycles. The summed E-state index contributed by atoms with van der Waals surface area (Å²) in [4.78, 5) is 15.6. The first kappa shape index (κ1) is 16.8. The summed E-state index contributed by atoms with van der Waals surface area (Å²) < 4.78 is 0. The fourth-order valence-electron chi connectivity index (χ4n) is 1.82. The molecule has 118 valence electrons. The number of anilines is 1. The van der Waals surface area contributed by atoms with Crippen molar-refractivity contribution in [1.29, 1.82) is 0 Å². The van der Waals surface area contributed by atoms with E-state index in [1.54, 1.807) is 12.1 Å². The van der Waals surface area contributed by atoms with Crippen LogP contribution in [0.5, 0.6) is 0 Å². The predicted molar refractivity (Wildman–Crippen MR) is 94.6 cm³/mol. The quantitative estimate of drug-likeness (QED) is 0.620. The van der Waals surface area contributed by atoms with Crippen LogP contribution in [0, 0.1) is 13.8 Å². The van der Waals surface area contributed by atoms with E-state index in [1.165, 1.54) is 6.21 Å². The first-order valence-corrected chi connectivity index (χ1v) is 7.41. The first-order valence-electron chi connectivity index (χ1n) is 7.03. The number of allylic oxidation sites excluding steroid dienone is 1. The van der Waals surface area contributed by atoms with Crippen molar-refractivity contribution in [2.45, 2.75) is 13.8 Å². The molecule has 0 unspecified atom stereocenters. The number of aliphatic carboxylic acids is 1. The highest BCUT2D eigenvalue weighted by atomic mass is 35.5. The van der Waals surface area contributed by atoms with Crippen molar-refractivity contribution >= 4 is 35.2 Å². The third-order valence-corrected chi connectivity index (χ3v) is 3.42. The second-order valence-corrected chi connectivity index (χ2v) is 5.52. The number of nitrogens with zero attached hydrogens (tertiary/aromatic N) is 1. The predicted octanol–water partition coefficient (Wildman–Crippen LogP) is 4.65. The molecule has 0 amide bonds. The van der Waals surface area contributed by atoms with E-state index in [0.29, 0.717) is 11.4 Å². The minimum atomic E-state index is -1.15. The van der Waals surface area contributed by atoms with Crippen LogP contribution in [0.4, 0.5) is 11.4 Å². The van der Waals surface area contributed by atoms with Crippen LogP contribution in [0.3, 0.4) is 0 Å². The van der Waals surface area contributed by atoms with E-state index < -0.39 is 5.97 Å². The van der Waals surface area contributed by atoms with Gasteiger partial charge in [0.05, 0.1) is 10.7 Å². The molecule has 0 atom stereocenters. The highest BCUT2D eigenvalue weighted by Gasteiger charge is 2.12. The average molecular weight is 329 g/mol. The van der Waals surface area contributed by atoms with Crippen molar-refractivity contribution in [2.24, 2.45) is 4.99 Å². The van der Waals surface area contributed by atoms with Gasteiger partial charge in [-0.3, -0.25) is 4.99 Å². The molecular weight excluding hydrogens is 312 g/mol. The number of nitrogens with one attached hydrogen (secondary N) is 1. The second-order valence-electron chi connectivity index (χ2n) is 5.11. The van der Waals surface area contributed by atoms with Crippen LogP contribution in [-0.2, 0) is 4.79 Å². The number of rotatable bonds is 5.